The highest BCUT2D eigenvalue weighted by molar-refractivity contribution is 7.89. The Bertz CT molecular complexity index is 1220. The molecule has 1 aliphatic heterocycles. The molecule has 4 rings (SSSR count). The van der Waals surface area contributed by atoms with Crippen LogP contribution in [0, 0.1) is 0 Å². The maximum absolute atomic E-state index is 11.6. The van der Waals surface area contributed by atoms with E-state index in [4.69, 9.17) is 9.88 Å². The van der Waals surface area contributed by atoms with Gasteiger partial charge in [0, 0.05) is 17.6 Å². The maximum atomic E-state index is 11.6. The van der Waals surface area contributed by atoms with Crippen molar-refractivity contribution in [1.82, 2.24) is 0 Å². The fourth-order valence-electron chi connectivity index (χ4n) is 3.63. The molecular weight excluding hydrogens is 394 g/mol. The van der Waals surface area contributed by atoms with Gasteiger partial charge in [0.15, 0.2) is 0 Å². The number of hydrogen-bond donors (Lipinski definition) is 1. The van der Waals surface area contributed by atoms with E-state index in [1.165, 1.54) is 17.7 Å². The van der Waals surface area contributed by atoms with Gasteiger partial charge in [-0.25, -0.2) is 13.6 Å². The van der Waals surface area contributed by atoms with Crippen LogP contribution in [-0.2, 0) is 21.9 Å². The quantitative estimate of drug-likeness (QED) is 0.639. The first-order valence-corrected chi connectivity index (χ1v) is 11.4. The molecule has 3 aromatic carbocycles. The summed E-state index contributed by atoms with van der Waals surface area (Å²) >= 11 is 0. The molecular formula is C25H25NO3S. The van der Waals surface area contributed by atoms with Gasteiger partial charge in [0.1, 0.15) is 11.5 Å². The fraction of sp³-hybridized carbons (Fsp3) is 0.200. The number of primary sulfonamides is 1. The Balaban J connectivity index is 1.82. The molecule has 30 heavy (non-hydrogen) atoms. The van der Waals surface area contributed by atoms with Crippen LogP contribution in [0.4, 0.5) is 0 Å². The molecule has 3 aromatic rings. The lowest BCUT2D eigenvalue weighted by molar-refractivity contribution is 0.502. The maximum Gasteiger partial charge on any atom is 0.238 e. The third-order valence-electron chi connectivity index (χ3n) is 5.37. The summed E-state index contributed by atoms with van der Waals surface area (Å²) in [6.07, 6.45) is 0.733. The highest BCUT2D eigenvalue weighted by atomic mass is 32.2. The van der Waals surface area contributed by atoms with Gasteiger partial charge in [-0.15, -0.1) is 0 Å². The van der Waals surface area contributed by atoms with Gasteiger partial charge in [-0.05, 0) is 52.4 Å². The first kappa shape index (κ1) is 20.4. The number of hydrogen-bond acceptors (Lipinski definition) is 3. The Kier molecular flexibility index (Phi) is 5.04. The van der Waals surface area contributed by atoms with Crippen molar-refractivity contribution < 1.29 is 13.2 Å². The third kappa shape index (κ3) is 4.04. The predicted molar refractivity (Wildman–Crippen MR) is 121 cm³/mol. The molecule has 0 aliphatic carbocycles. The monoisotopic (exact) mass is 419 g/mol. The topological polar surface area (TPSA) is 69.4 Å². The van der Waals surface area contributed by atoms with E-state index in [-0.39, 0.29) is 10.3 Å². The first-order valence-electron chi connectivity index (χ1n) is 9.86. The molecule has 0 fully saturated rings. The number of ether oxygens (including phenoxy) is 1. The van der Waals surface area contributed by atoms with E-state index in [1.54, 1.807) is 12.1 Å². The summed E-state index contributed by atoms with van der Waals surface area (Å²) in [4.78, 5) is 0.0825. The molecule has 0 radical (unpaired) electrons. The van der Waals surface area contributed by atoms with Crippen molar-refractivity contribution in [2.45, 2.75) is 37.5 Å². The van der Waals surface area contributed by atoms with Crippen LogP contribution in [0.3, 0.4) is 0 Å². The van der Waals surface area contributed by atoms with E-state index < -0.39 is 10.0 Å². The van der Waals surface area contributed by atoms with Crippen LogP contribution < -0.4 is 9.88 Å². The zero-order valence-corrected chi connectivity index (χ0v) is 18.2. The minimum Gasteiger partial charge on any atom is -0.456 e. The standard InChI is InChI=1S/C25H25NO3S/c1-25(2,3)20-12-8-17(9-13-20)22-16-19-6-4-5-7-23(19)29-24(22)18-10-14-21(15-11-18)30(26,27)28/h4-15H,16H2,1-3H3,(H2,26,27,28). The Morgan fingerprint density at radius 3 is 2.03 bits per heavy atom. The number of allylic oxidation sites excluding steroid dienone is 1. The van der Waals surface area contributed by atoms with E-state index in [0.29, 0.717) is 0 Å². The molecule has 2 N–H and O–H groups in total. The second-order valence-corrected chi connectivity index (χ2v) is 10.2. The van der Waals surface area contributed by atoms with Gasteiger partial charge < -0.3 is 4.74 Å². The summed E-state index contributed by atoms with van der Waals surface area (Å²) in [7, 11) is -3.74. The van der Waals surface area contributed by atoms with Crippen LogP contribution in [0.25, 0.3) is 11.3 Å². The Morgan fingerprint density at radius 1 is 0.833 bits per heavy atom. The van der Waals surface area contributed by atoms with Crippen LogP contribution in [0.2, 0.25) is 0 Å². The van der Waals surface area contributed by atoms with Crippen molar-refractivity contribution in [2.75, 3.05) is 0 Å². The molecule has 1 heterocycles. The minimum absolute atomic E-state index is 0.0783. The van der Waals surface area contributed by atoms with E-state index >= 15 is 0 Å². The summed E-state index contributed by atoms with van der Waals surface area (Å²) in [5, 5.41) is 5.25. The Labute approximate surface area is 178 Å². The zero-order chi connectivity index (χ0) is 21.5. The molecule has 0 aromatic heterocycles. The SMILES string of the molecule is CC(C)(C)c1ccc(C2=C(c3ccc(S(N)(=O)=O)cc3)Oc3ccccc3C2)cc1. The fourth-order valence-corrected chi connectivity index (χ4v) is 4.14. The summed E-state index contributed by atoms with van der Waals surface area (Å²) in [5.41, 5.74) is 5.43. The molecule has 0 atom stereocenters. The number of benzene rings is 3. The van der Waals surface area contributed by atoms with Crippen LogP contribution in [-0.4, -0.2) is 8.42 Å². The highest BCUT2D eigenvalue weighted by Crippen LogP contribution is 2.39. The van der Waals surface area contributed by atoms with Crippen molar-refractivity contribution in [3.8, 4) is 5.75 Å². The van der Waals surface area contributed by atoms with Gasteiger partial charge in [-0.2, -0.15) is 0 Å². The second-order valence-electron chi connectivity index (χ2n) is 8.59. The van der Waals surface area contributed by atoms with E-state index in [9.17, 15) is 8.42 Å². The normalized spacial score (nSPS) is 14.3. The summed E-state index contributed by atoms with van der Waals surface area (Å²) < 4.78 is 29.5. The van der Waals surface area contributed by atoms with Crippen molar-refractivity contribution in [1.29, 1.82) is 0 Å². The Hall–Kier alpha value is -2.89. The van der Waals surface area contributed by atoms with Crippen molar-refractivity contribution in [2.24, 2.45) is 5.14 Å². The molecule has 1 aliphatic rings. The van der Waals surface area contributed by atoms with Crippen LogP contribution in [0.5, 0.6) is 5.75 Å². The molecule has 4 nitrogen and oxygen atoms in total. The smallest absolute Gasteiger partial charge is 0.238 e. The molecule has 0 saturated heterocycles. The molecule has 5 heteroatoms. The third-order valence-corrected chi connectivity index (χ3v) is 6.30. The van der Waals surface area contributed by atoms with Crippen LogP contribution >= 0.6 is 0 Å². The van der Waals surface area contributed by atoms with Gasteiger partial charge in [0.05, 0.1) is 4.90 Å². The second kappa shape index (κ2) is 7.42. The van der Waals surface area contributed by atoms with Crippen LogP contribution in [0.1, 0.15) is 43.0 Å². The zero-order valence-electron chi connectivity index (χ0n) is 17.3. The molecule has 0 unspecified atom stereocenters. The highest BCUT2D eigenvalue weighted by Gasteiger charge is 2.23. The largest absolute Gasteiger partial charge is 0.456 e. The minimum atomic E-state index is -3.74. The number of nitrogens with two attached hydrogens (primary N) is 1. The lowest BCUT2D eigenvalue weighted by Gasteiger charge is -2.25. The predicted octanol–water partition coefficient (Wildman–Crippen LogP) is 5.13. The van der Waals surface area contributed by atoms with Gasteiger partial charge in [-0.3, -0.25) is 0 Å². The average Bonchev–Trinajstić information content (AvgIpc) is 2.72. The van der Waals surface area contributed by atoms with E-state index in [1.807, 2.05) is 18.2 Å². The lowest BCUT2D eigenvalue weighted by atomic mass is 9.85. The van der Waals surface area contributed by atoms with Crippen molar-refractivity contribution >= 4 is 21.4 Å². The first-order chi connectivity index (χ1) is 14.1. The molecule has 0 bridgehead atoms. The Morgan fingerprint density at radius 2 is 1.43 bits per heavy atom. The van der Waals surface area contributed by atoms with E-state index in [2.05, 4.69) is 51.1 Å². The number of sulfonamides is 1. The van der Waals surface area contributed by atoms with Gasteiger partial charge in [0.25, 0.3) is 0 Å². The summed E-state index contributed by atoms with van der Waals surface area (Å²) in [6.45, 7) is 6.58. The average molecular weight is 420 g/mol. The van der Waals surface area contributed by atoms with E-state index in [0.717, 1.165) is 40.2 Å². The number of para-hydroxylation sites is 1. The van der Waals surface area contributed by atoms with Crippen molar-refractivity contribution in [3.63, 3.8) is 0 Å². The van der Waals surface area contributed by atoms with Gasteiger partial charge in [0.2, 0.25) is 10.0 Å². The lowest BCUT2D eigenvalue weighted by Crippen LogP contribution is -2.13. The van der Waals surface area contributed by atoms with Gasteiger partial charge >= 0.3 is 0 Å². The van der Waals surface area contributed by atoms with Crippen LogP contribution in [0.15, 0.2) is 77.7 Å². The van der Waals surface area contributed by atoms with Crippen molar-refractivity contribution in [3.05, 3.63) is 95.1 Å². The summed E-state index contributed by atoms with van der Waals surface area (Å²) in [5.74, 6) is 1.55. The summed E-state index contributed by atoms with van der Waals surface area (Å²) in [6, 6.07) is 23.1. The molecule has 0 saturated carbocycles. The number of fused-ring (bicyclic) bond motifs is 1. The van der Waals surface area contributed by atoms with Gasteiger partial charge in [-0.1, -0.05) is 63.2 Å². The molecule has 0 spiro atoms. The number of rotatable bonds is 3. The molecule has 0 amide bonds. The molecule has 154 valence electrons.